The molecule has 0 aliphatic rings. The summed E-state index contributed by atoms with van der Waals surface area (Å²) in [5.74, 6) is -1.97. The third-order valence-corrected chi connectivity index (χ3v) is 6.25. The van der Waals surface area contributed by atoms with Gasteiger partial charge in [0.1, 0.15) is 0 Å². The molecule has 0 aliphatic heterocycles. The summed E-state index contributed by atoms with van der Waals surface area (Å²) in [5.41, 5.74) is 8.59. The van der Waals surface area contributed by atoms with Crippen LogP contribution < -0.4 is 21.1 Å². The van der Waals surface area contributed by atoms with Crippen LogP contribution in [0.2, 0.25) is 0 Å². The Hall–Kier alpha value is -4.09. The summed E-state index contributed by atoms with van der Waals surface area (Å²) < 4.78 is 35.6. The van der Waals surface area contributed by atoms with Crippen molar-refractivity contribution in [3.63, 3.8) is 0 Å². The molecule has 0 bridgehead atoms. The maximum Gasteiger partial charge on any atom is 0.251 e. The highest BCUT2D eigenvalue weighted by Gasteiger charge is 2.19. The minimum Gasteiger partial charge on any atom is -0.494 e. The summed E-state index contributed by atoms with van der Waals surface area (Å²) >= 11 is 0. The minimum absolute atomic E-state index is 0.0470. The fraction of sp³-hybridized carbons (Fsp3) is 0.296. The van der Waals surface area contributed by atoms with Crippen LogP contribution in [0.25, 0.3) is 16.9 Å². The van der Waals surface area contributed by atoms with Gasteiger partial charge in [-0.25, -0.2) is 14.4 Å². The third kappa shape index (κ3) is 5.58. The number of methoxy groups -OCH3 is 1. The average molecular weight is 524 g/mol. The zero-order valence-electron chi connectivity index (χ0n) is 21.6. The van der Waals surface area contributed by atoms with Crippen LogP contribution in [-0.2, 0) is 6.42 Å². The number of hydrogen-bond donors (Lipinski definition) is 3. The van der Waals surface area contributed by atoms with Gasteiger partial charge in [0.15, 0.2) is 23.0 Å². The van der Waals surface area contributed by atoms with E-state index in [0.29, 0.717) is 54.5 Å². The summed E-state index contributed by atoms with van der Waals surface area (Å²) in [6.45, 7) is 4.54. The maximum atomic E-state index is 14.8. The van der Waals surface area contributed by atoms with Crippen LogP contribution in [-0.4, -0.2) is 65.5 Å². The van der Waals surface area contributed by atoms with E-state index in [0.717, 1.165) is 12.1 Å². The lowest BCUT2D eigenvalue weighted by Gasteiger charge is -2.16. The molecular weight excluding hydrogens is 492 g/mol. The highest BCUT2D eigenvalue weighted by molar-refractivity contribution is 5.96. The lowest BCUT2D eigenvalue weighted by atomic mass is 10.0. The van der Waals surface area contributed by atoms with E-state index in [9.17, 15) is 13.6 Å². The van der Waals surface area contributed by atoms with E-state index >= 15 is 0 Å². The number of nitrogens with two attached hydrogens (primary N) is 1. The van der Waals surface area contributed by atoms with E-state index in [4.69, 9.17) is 10.5 Å². The zero-order valence-corrected chi connectivity index (χ0v) is 21.6. The number of nitrogens with one attached hydrogen (secondary N) is 2. The number of aryl methyl sites for hydroxylation is 1. The molecule has 0 saturated carbocycles. The number of fused-ring (bicyclic) bond motifs is 1. The molecule has 2 aromatic heterocycles. The fourth-order valence-electron chi connectivity index (χ4n) is 4.20. The fourth-order valence-corrected chi connectivity index (χ4v) is 4.20. The Morgan fingerprint density at radius 1 is 1.16 bits per heavy atom. The molecule has 11 heteroatoms. The number of anilines is 2. The minimum atomic E-state index is -1.06. The summed E-state index contributed by atoms with van der Waals surface area (Å²) in [5, 5.41) is 6.19. The van der Waals surface area contributed by atoms with E-state index in [1.54, 1.807) is 28.9 Å². The topological polar surface area (TPSA) is 110 Å². The van der Waals surface area contributed by atoms with Crippen molar-refractivity contribution in [3.8, 4) is 17.0 Å². The second kappa shape index (κ2) is 12.0. The van der Waals surface area contributed by atoms with E-state index in [1.807, 2.05) is 20.0 Å². The molecule has 4 N–H and O–H groups in total. The molecule has 200 valence electrons. The van der Waals surface area contributed by atoms with Crippen molar-refractivity contribution in [2.24, 2.45) is 5.73 Å². The highest BCUT2D eigenvalue weighted by atomic mass is 19.2. The van der Waals surface area contributed by atoms with Gasteiger partial charge in [-0.3, -0.25) is 9.20 Å². The Labute approximate surface area is 219 Å². The van der Waals surface area contributed by atoms with Crippen LogP contribution >= 0.6 is 0 Å². The van der Waals surface area contributed by atoms with Crippen molar-refractivity contribution in [3.05, 3.63) is 71.7 Å². The molecule has 0 aliphatic carbocycles. The van der Waals surface area contributed by atoms with Crippen molar-refractivity contribution in [1.29, 1.82) is 0 Å². The molecule has 0 saturated heterocycles. The van der Waals surface area contributed by atoms with Gasteiger partial charge in [-0.2, -0.15) is 4.39 Å². The van der Waals surface area contributed by atoms with Crippen molar-refractivity contribution in [1.82, 2.24) is 24.6 Å². The standard InChI is InChI=1S/C27H31F2N7O2/c1-4-17-15-18(5-6-19(17)27(37)32-10-13-35(2)12-9-30)34-25-26-33-16-21(36(26)14-11-31-25)20-7-8-22(38-3)24(29)23(20)28/h5-8,11,14-16H,4,9-10,12-13,30H2,1-3H3,(H,31,34)(H,32,37). The van der Waals surface area contributed by atoms with Gasteiger partial charge in [0.05, 0.1) is 19.0 Å². The Balaban J connectivity index is 1.56. The summed E-state index contributed by atoms with van der Waals surface area (Å²) in [6, 6.07) is 8.27. The largest absolute Gasteiger partial charge is 0.494 e. The number of likely N-dealkylation sites (N-methyl/N-ethyl adjacent to an activating group) is 1. The molecule has 38 heavy (non-hydrogen) atoms. The quantitative estimate of drug-likeness (QED) is 0.276. The van der Waals surface area contributed by atoms with E-state index in [-0.39, 0.29) is 17.2 Å². The van der Waals surface area contributed by atoms with Crippen LogP contribution in [0.4, 0.5) is 20.3 Å². The molecule has 9 nitrogen and oxygen atoms in total. The highest BCUT2D eigenvalue weighted by Crippen LogP contribution is 2.31. The lowest BCUT2D eigenvalue weighted by Crippen LogP contribution is -2.35. The molecule has 0 unspecified atom stereocenters. The number of imidazole rings is 1. The van der Waals surface area contributed by atoms with E-state index in [1.165, 1.54) is 25.4 Å². The van der Waals surface area contributed by atoms with E-state index in [2.05, 4.69) is 25.5 Å². The molecule has 2 heterocycles. The molecule has 1 amide bonds. The van der Waals surface area contributed by atoms with Crippen molar-refractivity contribution in [2.45, 2.75) is 13.3 Å². The normalized spacial score (nSPS) is 11.2. The number of benzene rings is 2. The van der Waals surface area contributed by atoms with Gasteiger partial charge in [-0.15, -0.1) is 0 Å². The Kier molecular flexibility index (Phi) is 8.49. The number of halogens is 2. The van der Waals surface area contributed by atoms with E-state index < -0.39 is 11.6 Å². The molecule has 4 rings (SSSR count). The van der Waals surface area contributed by atoms with Gasteiger partial charge in [0, 0.05) is 55.4 Å². The summed E-state index contributed by atoms with van der Waals surface area (Å²) in [6.07, 6.45) is 5.28. The average Bonchev–Trinajstić information content (AvgIpc) is 3.35. The second-order valence-corrected chi connectivity index (χ2v) is 8.75. The lowest BCUT2D eigenvalue weighted by molar-refractivity contribution is 0.0949. The number of nitrogens with zero attached hydrogens (tertiary/aromatic N) is 4. The van der Waals surface area contributed by atoms with Gasteiger partial charge in [-0.05, 0) is 49.4 Å². The first-order chi connectivity index (χ1) is 18.4. The van der Waals surface area contributed by atoms with Crippen LogP contribution in [0.3, 0.4) is 0 Å². The molecule has 0 atom stereocenters. The smallest absolute Gasteiger partial charge is 0.251 e. The van der Waals surface area contributed by atoms with Crippen molar-refractivity contribution in [2.75, 3.05) is 45.7 Å². The van der Waals surface area contributed by atoms with Crippen molar-refractivity contribution < 1.29 is 18.3 Å². The molecule has 2 aromatic carbocycles. The Bertz CT molecular complexity index is 1440. The van der Waals surface area contributed by atoms with Crippen LogP contribution in [0, 0.1) is 11.6 Å². The Morgan fingerprint density at radius 2 is 1.97 bits per heavy atom. The molecular formula is C27H31F2N7O2. The molecule has 0 fully saturated rings. The number of amides is 1. The first-order valence-electron chi connectivity index (χ1n) is 12.3. The van der Waals surface area contributed by atoms with Gasteiger partial charge < -0.3 is 26.0 Å². The molecule has 0 spiro atoms. The molecule has 4 aromatic rings. The summed E-state index contributed by atoms with van der Waals surface area (Å²) in [7, 11) is 3.24. The Morgan fingerprint density at radius 3 is 2.71 bits per heavy atom. The number of hydrogen-bond acceptors (Lipinski definition) is 7. The first-order valence-corrected chi connectivity index (χ1v) is 12.3. The number of rotatable bonds is 11. The predicted octanol–water partition coefficient (Wildman–Crippen LogP) is 3.61. The number of carbonyl (C=O) groups is 1. The van der Waals surface area contributed by atoms with Crippen molar-refractivity contribution >= 4 is 23.1 Å². The maximum absolute atomic E-state index is 14.8. The van der Waals surface area contributed by atoms with Gasteiger partial charge in [0.2, 0.25) is 5.82 Å². The van der Waals surface area contributed by atoms with Crippen LogP contribution in [0.15, 0.2) is 48.9 Å². The van der Waals surface area contributed by atoms with Gasteiger partial charge in [-0.1, -0.05) is 6.92 Å². The number of carbonyl (C=O) groups excluding carboxylic acids is 1. The first kappa shape index (κ1) is 27.0. The zero-order chi connectivity index (χ0) is 27.2. The van der Waals surface area contributed by atoms with Crippen LogP contribution in [0.1, 0.15) is 22.8 Å². The van der Waals surface area contributed by atoms with Crippen LogP contribution in [0.5, 0.6) is 5.75 Å². The number of aromatic nitrogens is 3. The summed E-state index contributed by atoms with van der Waals surface area (Å²) in [4.78, 5) is 23.6. The monoisotopic (exact) mass is 523 g/mol. The van der Waals surface area contributed by atoms with Gasteiger partial charge in [0.25, 0.3) is 5.91 Å². The molecule has 0 radical (unpaired) electrons. The number of ether oxygens (including phenoxy) is 1. The third-order valence-electron chi connectivity index (χ3n) is 6.25. The SMILES string of the molecule is CCc1cc(Nc2nccn3c(-c4ccc(OC)c(F)c4F)cnc23)ccc1C(=O)NCCN(C)CCN. The predicted molar refractivity (Wildman–Crippen MR) is 143 cm³/mol. The second-order valence-electron chi connectivity index (χ2n) is 8.75. The van der Waals surface area contributed by atoms with Gasteiger partial charge >= 0.3 is 0 Å².